The average molecular weight is 293 g/mol. The molecule has 6 nitrogen and oxygen atoms in total. The van der Waals surface area contributed by atoms with Crippen molar-refractivity contribution in [1.29, 1.82) is 0 Å². The quantitative estimate of drug-likeness (QED) is 0.865. The van der Waals surface area contributed by atoms with Gasteiger partial charge in [0.1, 0.15) is 17.4 Å². The van der Waals surface area contributed by atoms with Gasteiger partial charge in [-0.25, -0.2) is 9.59 Å². The summed E-state index contributed by atoms with van der Waals surface area (Å²) >= 11 is 0. The van der Waals surface area contributed by atoms with Gasteiger partial charge in [0.2, 0.25) is 6.10 Å². The van der Waals surface area contributed by atoms with Gasteiger partial charge in [-0.05, 0) is 38.5 Å². The molecule has 1 aliphatic rings. The second kappa shape index (κ2) is 5.63. The minimum atomic E-state index is -0.995. The molecule has 0 bridgehead atoms. The van der Waals surface area contributed by atoms with E-state index in [0.29, 0.717) is 5.75 Å². The van der Waals surface area contributed by atoms with Gasteiger partial charge in [0, 0.05) is 0 Å². The number of amides is 1. The summed E-state index contributed by atoms with van der Waals surface area (Å²) in [6.45, 7) is 5.28. The van der Waals surface area contributed by atoms with Crippen LogP contribution in [0.1, 0.15) is 32.4 Å². The van der Waals surface area contributed by atoms with E-state index in [2.05, 4.69) is 5.32 Å². The Morgan fingerprint density at radius 3 is 2.38 bits per heavy atom. The number of carbonyl (C=O) groups excluding carboxylic acids is 2. The molecule has 114 valence electrons. The first-order chi connectivity index (χ1) is 9.80. The minimum Gasteiger partial charge on any atom is -0.497 e. The topological polar surface area (TPSA) is 73.9 Å². The maximum Gasteiger partial charge on any atom is 0.408 e. The number of ether oxygens (including phenoxy) is 3. The molecule has 0 aliphatic carbocycles. The van der Waals surface area contributed by atoms with E-state index in [0.717, 1.165) is 5.56 Å². The number of cyclic esters (lactones) is 1. The van der Waals surface area contributed by atoms with Gasteiger partial charge in [-0.3, -0.25) is 0 Å². The fourth-order valence-electron chi connectivity index (χ4n) is 2.03. The van der Waals surface area contributed by atoms with Crippen molar-refractivity contribution >= 4 is 12.1 Å². The maximum absolute atomic E-state index is 12.1. The Hall–Kier alpha value is -2.24. The van der Waals surface area contributed by atoms with Crippen LogP contribution in [0.15, 0.2) is 24.3 Å². The molecule has 2 atom stereocenters. The number of hydrogen-bond acceptors (Lipinski definition) is 5. The van der Waals surface area contributed by atoms with Crippen molar-refractivity contribution in [3.63, 3.8) is 0 Å². The Balaban J connectivity index is 2.19. The van der Waals surface area contributed by atoms with Gasteiger partial charge in [0.25, 0.3) is 0 Å². The zero-order chi connectivity index (χ0) is 15.6. The normalized spacial score (nSPS) is 21.4. The molecule has 1 aromatic carbocycles. The summed E-state index contributed by atoms with van der Waals surface area (Å²) in [6.07, 6.45) is -1.63. The lowest BCUT2D eigenvalue weighted by Gasteiger charge is -2.23. The summed E-state index contributed by atoms with van der Waals surface area (Å²) < 4.78 is 15.4. The van der Waals surface area contributed by atoms with E-state index in [1.807, 2.05) is 0 Å². The maximum atomic E-state index is 12.1. The molecule has 0 saturated carbocycles. The van der Waals surface area contributed by atoms with E-state index in [9.17, 15) is 9.59 Å². The van der Waals surface area contributed by atoms with Crippen LogP contribution in [0, 0.1) is 0 Å². The third kappa shape index (κ3) is 3.65. The van der Waals surface area contributed by atoms with Crippen LogP contribution in [0.25, 0.3) is 0 Å². The van der Waals surface area contributed by atoms with E-state index in [1.165, 1.54) is 0 Å². The second-order valence-corrected chi connectivity index (χ2v) is 5.75. The molecule has 0 spiro atoms. The molecule has 0 aromatic heterocycles. The molecule has 2 rings (SSSR count). The second-order valence-electron chi connectivity index (χ2n) is 5.75. The third-order valence-corrected chi connectivity index (χ3v) is 2.92. The largest absolute Gasteiger partial charge is 0.497 e. The van der Waals surface area contributed by atoms with Crippen molar-refractivity contribution in [2.75, 3.05) is 7.11 Å². The number of methoxy groups -OCH3 is 1. The van der Waals surface area contributed by atoms with Gasteiger partial charge < -0.3 is 19.5 Å². The molecule has 1 amide bonds. The van der Waals surface area contributed by atoms with Crippen LogP contribution in [0.2, 0.25) is 0 Å². The fraction of sp³-hybridized carbons (Fsp3) is 0.467. The number of nitrogens with one attached hydrogen (secondary N) is 1. The Kier molecular flexibility index (Phi) is 4.06. The van der Waals surface area contributed by atoms with Crippen LogP contribution in [0.3, 0.4) is 0 Å². The summed E-state index contributed by atoms with van der Waals surface area (Å²) in [6, 6.07) is 6.49. The average Bonchev–Trinajstić information content (AvgIpc) is 2.79. The van der Waals surface area contributed by atoms with Crippen LogP contribution >= 0.6 is 0 Å². The molecular formula is C15H19NO5. The molecule has 1 aliphatic heterocycles. The lowest BCUT2D eigenvalue weighted by atomic mass is 10.0. The summed E-state index contributed by atoms with van der Waals surface area (Å²) in [5.74, 6) is 0.125. The van der Waals surface area contributed by atoms with E-state index < -0.39 is 29.8 Å². The molecule has 1 saturated heterocycles. The Bertz CT molecular complexity index is 532. The SMILES string of the molecule is COc1ccc([C@H]2NC(=O)O[C@H]2C(=O)OC(C)(C)C)cc1. The predicted octanol–water partition coefficient (Wildman–Crippen LogP) is 2.19. The zero-order valence-electron chi connectivity index (χ0n) is 12.5. The molecular weight excluding hydrogens is 274 g/mol. The van der Waals surface area contributed by atoms with Gasteiger partial charge in [-0.1, -0.05) is 12.1 Å². The molecule has 0 unspecified atom stereocenters. The number of esters is 1. The van der Waals surface area contributed by atoms with Crippen molar-refractivity contribution in [2.24, 2.45) is 0 Å². The van der Waals surface area contributed by atoms with E-state index in [-0.39, 0.29) is 0 Å². The van der Waals surface area contributed by atoms with Crippen LogP contribution in [0.4, 0.5) is 4.79 Å². The summed E-state index contributed by atoms with van der Waals surface area (Å²) in [5, 5.41) is 2.62. The lowest BCUT2D eigenvalue weighted by molar-refractivity contribution is -0.164. The zero-order valence-corrected chi connectivity index (χ0v) is 12.5. The molecule has 1 fully saturated rings. The Morgan fingerprint density at radius 2 is 1.86 bits per heavy atom. The number of carbonyl (C=O) groups is 2. The summed E-state index contributed by atoms with van der Waals surface area (Å²) in [4.78, 5) is 23.6. The molecule has 1 heterocycles. The smallest absolute Gasteiger partial charge is 0.408 e. The minimum absolute atomic E-state index is 0.568. The van der Waals surface area contributed by atoms with Crippen LogP contribution in [0.5, 0.6) is 5.75 Å². The standard InChI is InChI=1S/C15H19NO5/c1-15(2,3)21-13(17)12-11(16-14(18)20-12)9-5-7-10(19-4)8-6-9/h5-8,11-12H,1-4H3,(H,16,18)/t11-,12-/m1/s1. The first-order valence-electron chi connectivity index (χ1n) is 6.64. The first-order valence-corrected chi connectivity index (χ1v) is 6.64. The molecule has 6 heteroatoms. The van der Waals surface area contributed by atoms with Gasteiger partial charge in [0.15, 0.2) is 0 Å². The van der Waals surface area contributed by atoms with Crippen molar-refractivity contribution in [3.8, 4) is 5.75 Å². The Morgan fingerprint density at radius 1 is 1.24 bits per heavy atom. The summed E-state index contributed by atoms with van der Waals surface area (Å²) in [7, 11) is 1.57. The van der Waals surface area contributed by atoms with E-state index >= 15 is 0 Å². The van der Waals surface area contributed by atoms with Crippen LogP contribution in [-0.2, 0) is 14.3 Å². The monoisotopic (exact) mass is 293 g/mol. The summed E-state index contributed by atoms with van der Waals surface area (Å²) in [5.41, 5.74) is 0.105. The molecule has 0 radical (unpaired) electrons. The predicted molar refractivity (Wildman–Crippen MR) is 75.0 cm³/mol. The van der Waals surface area contributed by atoms with E-state index in [1.54, 1.807) is 52.1 Å². The highest BCUT2D eigenvalue weighted by Gasteiger charge is 2.42. The highest BCUT2D eigenvalue weighted by molar-refractivity contribution is 5.84. The van der Waals surface area contributed by atoms with E-state index in [4.69, 9.17) is 14.2 Å². The number of benzene rings is 1. The van der Waals surface area contributed by atoms with Gasteiger partial charge in [-0.2, -0.15) is 0 Å². The first kappa shape index (κ1) is 15.2. The van der Waals surface area contributed by atoms with Crippen molar-refractivity contribution in [1.82, 2.24) is 5.32 Å². The van der Waals surface area contributed by atoms with Crippen molar-refractivity contribution in [2.45, 2.75) is 38.5 Å². The van der Waals surface area contributed by atoms with Crippen LogP contribution < -0.4 is 10.1 Å². The molecule has 21 heavy (non-hydrogen) atoms. The van der Waals surface area contributed by atoms with Gasteiger partial charge in [0.05, 0.1) is 7.11 Å². The molecule has 1 aromatic rings. The van der Waals surface area contributed by atoms with Crippen LogP contribution in [-0.4, -0.2) is 30.9 Å². The number of hydrogen-bond donors (Lipinski definition) is 1. The Labute approximate surface area is 123 Å². The lowest BCUT2D eigenvalue weighted by Crippen LogP contribution is -2.35. The number of alkyl carbamates (subject to hydrolysis) is 1. The van der Waals surface area contributed by atoms with Gasteiger partial charge in [-0.15, -0.1) is 0 Å². The van der Waals surface area contributed by atoms with Crippen molar-refractivity contribution < 1.29 is 23.8 Å². The molecule has 1 N–H and O–H groups in total. The fourth-order valence-corrected chi connectivity index (χ4v) is 2.03. The van der Waals surface area contributed by atoms with Crippen molar-refractivity contribution in [3.05, 3.63) is 29.8 Å². The highest BCUT2D eigenvalue weighted by atomic mass is 16.6. The number of rotatable bonds is 3. The third-order valence-electron chi connectivity index (χ3n) is 2.92. The highest BCUT2D eigenvalue weighted by Crippen LogP contribution is 2.28. The van der Waals surface area contributed by atoms with Gasteiger partial charge >= 0.3 is 12.1 Å².